The standard InChI is InChI=1S/C24H32N2O3/c1-16-11-17(2)22-19(12-16)13-20(23(27)25-22)14-26(15-21-9-6-10-29-21)24(28)18-7-4-3-5-8-18/h11-13,18,21H,3-10,14-15H2,1-2H3,(H,25,27)/t21-/m0/s1. The number of nitrogens with one attached hydrogen (secondary N) is 1. The van der Waals surface area contributed by atoms with Gasteiger partial charge in [0.2, 0.25) is 5.91 Å². The molecule has 5 heteroatoms. The lowest BCUT2D eigenvalue weighted by molar-refractivity contribution is -0.138. The highest BCUT2D eigenvalue weighted by molar-refractivity contribution is 5.83. The van der Waals surface area contributed by atoms with Crippen molar-refractivity contribution in [2.24, 2.45) is 5.92 Å². The zero-order valence-corrected chi connectivity index (χ0v) is 17.6. The number of nitrogens with zero attached hydrogens (tertiary/aromatic N) is 1. The molecule has 0 spiro atoms. The number of hydrogen-bond acceptors (Lipinski definition) is 3. The minimum atomic E-state index is -0.0989. The van der Waals surface area contributed by atoms with Gasteiger partial charge in [0.1, 0.15) is 0 Å². The van der Waals surface area contributed by atoms with Crippen molar-refractivity contribution in [2.75, 3.05) is 13.2 Å². The van der Waals surface area contributed by atoms with Crippen LogP contribution in [0.4, 0.5) is 0 Å². The molecule has 5 nitrogen and oxygen atoms in total. The lowest BCUT2D eigenvalue weighted by Crippen LogP contribution is -2.42. The fourth-order valence-electron chi connectivity index (χ4n) is 4.93. The van der Waals surface area contributed by atoms with Gasteiger partial charge in [-0.1, -0.05) is 30.9 Å². The van der Waals surface area contributed by atoms with Gasteiger partial charge < -0.3 is 14.6 Å². The molecule has 2 aliphatic rings. The second-order valence-corrected chi connectivity index (χ2v) is 8.86. The molecule has 1 aromatic carbocycles. The molecule has 0 bridgehead atoms. The van der Waals surface area contributed by atoms with Crippen molar-refractivity contribution >= 4 is 16.8 Å². The molecule has 0 radical (unpaired) electrons. The number of pyridine rings is 1. The van der Waals surface area contributed by atoms with Crippen LogP contribution >= 0.6 is 0 Å². The van der Waals surface area contributed by atoms with Crippen molar-refractivity contribution in [3.05, 3.63) is 45.2 Å². The van der Waals surface area contributed by atoms with Crippen LogP contribution in [-0.4, -0.2) is 35.0 Å². The number of H-pyrrole nitrogens is 1. The first-order valence-electron chi connectivity index (χ1n) is 11.0. The molecule has 1 atom stereocenters. The Morgan fingerprint density at radius 2 is 1.90 bits per heavy atom. The van der Waals surface area contributed by atoms with E-state index in [1.807, 2.05) is 17.9 Å². The Kier molecular flexibility index (Phi) is 6.04. The van der Waals surface area contributed by atoms with Crippen molar-refractivity contribution < 1.29 is 9.53 Å². The molecule has 1 saturated carbocycles. The van der Waals surface area contributed by atoms with Gasteiger partial charge in [-0.05, 0) is 62.6 Å². The number of aryl methyl sites for hydroxylation is 2. The minimum absolute atomic E-state index is 0.0894. The molecular formula is C24H32N2O3. The third-order valence-corrected chi connectivity index (χ3v) is 6.45. The maximum atomic E-state index is 13.3. The summed E-state index contributed by atoms with van der Waals surface area (Å²) in [6, 6.07) is 6.13. The van der Waals surface area contributed by atoms with Gasteiger partial charge in [-0.25, -0.2) is 0 Å². The largest absolute Gasteiger partial charge is 0.376 e. The molecule has 1 amide bonds. The first-order valence-corrected chi connectivity index (χ1v) is 11.0. The summed E-state index contributed by atoms with van der Waals surface area (Å²) in [5.74, 6) is 0.286. The molecule has 29 heavy (non-hydrogen) atoms. The van der Waals surface area contributed by atoms with Gasteiger partial charge in [0.05, 0.1) is 18.2 Å². The van der Waals surface area contributed by atoms with Crippen LogP contribution in [0, 0.1) is 19.8 Å². The molecule has 4 rings (SSSR count). The molecular weight excluding hydrogens is 364 g/mol. The van der Waals surface area contributed by atoms with E-state index in [0.717, 1.165) is 61.6 Å². The number of fused-ring (bicyclic) bond motifs is 1. The number of ether oxygens (including phenoxy) is 1. The van der Waals surface area contributed by atoms with E-state index in [9.17, 15) is 9.59 Å². The van der Waals surface area contributed by atoms with E-state index in [4.69, 9.17) is 4.74 Å². The molecule has 1 N–H and O–H groups in total. The van der Waals surface area contributed by atoms with E-state index in [1.54, 1.807) is 0 Å². The summed E-state index contributed by atoms with van der Waals surface area (Å²) >= 11 is 0. The number of amides is 1. The van der Waals surface area contributed by atoms with Crippen molar-refractivity contribution in [1.29, 1.82) is 0 Å². The van der Waals surface area contributed by atoms with Crippen LogP contribution in [0.25, 0.3) is 10.9 Å². The molecule has 1 aliphatic heterocycles. The molecule has 2 aromatic rings. The predicted molar refractivity (Wildman–Crippen MR) is 115 cm³/mol. The van der Waals surface area contributed by atoms with E-state index >= 15 is 0 Å². The van der Waals surface area contributed by atoms with Gasteiger partial charge >= 0.3 is 0 Å². The fourth-order valence-corrected chi connectivity index (χ4v) is 4.93. The maximum absolute atomic E-state index is 13.3. The van der Waals surface area contributed by atoms with E-state index < -0.39 is 0 Å². The number of carbonyl (C=O) groups is 1. The minimum Gasteiger partial charge on any atom is -0.376 e. The maximum Gasteiger partial charge on any atom is 0.253 e. The molecule has 1 saturated heterocycles. The number of benzene rings is 1. The second-order valence-electron chi connectivity index (χ2n) is 8.86. The van der Waals surface area contributed by atoms with Crippen LogP contribution in [0.3, 0.4) is 0 Å². The Morgan fingerprint density at radius 1 is 1.10 bits per heavy atom. The number of aromatic amines is 1. The molecule has 2 fully saturated rings. The van der Waals surface area contributed by atoms with Crippen LogP contribution < -0.4 is 5.56 Å². The van der Waals surface area contributed by atoms with Crippen molar-refractivity contribution in [1.82, 2.24) is 9.88 Å². The summed E-state index contributed by atoms with van der Waals surface area (Å²) in [5, 5.41) is 1.03. The highest BCUT2D eigenvalue weighted by atomic mass is 16.5. The summed E-state index contributed by atoms with van der Waals surface area (Å²) in [6.45, 7) is 5.78. The number of rotatable bonds is 5. The van der Waals surface area contributed by atoms with Crippen LogP contribution in [0.15, 0.2) is 23.0 Å². The van der Waals surface area contributed by atoms with Gasteiger partial charge in [-0.3, -0.25) is 9.59 Å². The summed E-state index contributed by atoms with van der Waals surface area (Å²) < 4.78 is 5.81. The van der Waals surface area contributed by atoms with Crippen molar-refractivity contribution in [3.63, 3.8) is 0 Å². The summed E-state index contributed by atoms with van der Waals surface area (Å²) in [6.07, 6.45) is 7.52. The van der Waals surface area contributed by atoms with Crippen molar-refractivity contribution in [2.45, 2.75) is 71.4 Å². The SMILES string of the molecule is Cc1cc(C)c2[nH]c(=O)c(CN(C[C@@H]3CCCO3)C(=O)C3CCCCC3)cc2c1. The van der Waals surface area contributed by atoms with Crippen LogP contribution in [0.1, 0.15) is 61.6 Å². The van der Waals surface area contributed by atoms with E-state index in [0.29, 0.717) is 18.7 Å². The number of aromatic nitrogens is 1. The normalized spacial score (nSPS) is 20.3. The van der Waals surface area contributed by atoms with Gasteiger partial charge in [-0.2, -0.15) is 0 Å². The fraction of sp³-hybridized carbons (Fsp3) is 0.583. The van der Waals surface area contributed by atoms with Gasteiger partial charge in [0.25, 0.3) is 5.56 Å². The lowest BCUT2D eigenvalue weighted by atomic mass is 9.88. The van der Waals surface area contributed by atoms with Crippen LogP contribution in [-0.2, 0) is 16.1 Å². The highest BCUT2D eigenvalue weighted by Crippen LogP contribution is 2.27. The molecule has 0 unspecified atom stereocenters. The van der Waals surface area contributed by atoms with Crippen LogP contribution in [0.5, 0.6) is 0 Å². The Balaban J connectivity index is 1.62. The average molecular weight is 397 g/mol. The van der Waals surface area contributed by atoms with E-state index in [2.05, 4.69) is 24.0 Å². The van der Waals surface area contributed by atoms with Gasteiger partial charge in [-0.15, -0.1) is 0 Å². The third kappa shape index (κ3) is 4.55. The Labute approximate surface area is 172 Å². The first kappa shape index (κ1) is 20.1. The highest BCUT2D eigenvalue weighted by Gasteiger charge is 2.29. The predicted octanol–water partition coefficient (Wildman–Crippen LogP) is 4.23. The summed E-state index contributed by atoms with van der Waals surface area (Å²) in [7, 11) is 0. The monoisotopic (exact) mass is 396 g/mol. The first-order chi connectivity index (χ1) is 14.0. The molecule has 1 aromatic heterocycles. The molecule has 156 valence electrons. The Morgan fingerprint density at radius 3 is 2.62 bits per heavy atom. The zero-order chi connectivity index (χ0) is 20.4. The van der Waals surface area contributed by atoms with Crippen LogP contribution in [0.2, 0.25) is 0 Å². The van der Waals surface area contributed by atoms with E-state index in [-0.39, 0.29) is 23.5 Å². The molecule has 1 aliphatic carbocycles. The Hall–Kier alpha value is -2.14. The quantitative estimate of drug-likeness (QED) is 0.822. The number of hydrogen-bond donors (Lipinski definition) is 1. The molecule has 2 heterocycles. The Bertz CT molecular complexity index is 937. The number of carbonyl (C=O) groups excluding carboxylic acids is 1. The van der Waals surface area contributed by atoms with Gasteiger partial charge in [0, 0.05) is 24.6 Å². The average Bonchev–Trinajstić information content (AvgIpc) is 3.22. The second kappa shape index (κ2) is 8.70. The van der Waals surface area contributed by atoms with E-state index in [1.165, 1.54) is 12.0 Å². The lowest BCUT2D eigenvalue weighted by Gasteiger charge is -2.31. The third-order valence-electron chi connectivity index (χ3n) is 6.45. The summed E-state index contributed by atoms with van der Waals surface area (Å²) in [4.78, 5) is 31.1. The zero-order valence-electron chi connectivity index (χ0n) is 17.6. The topological polar surface area (TPSA) is 62.4 Å². The smallest absolute Gasteiger partial charge is 0.253 e. The van der Waals surface area contributed by atoms with Gasteiger partial charge in [0.15, 0.2) is 0 Å². The summed E-state index contributed by atoms with van der Waals surface area (Å²) in [5.41, 5.74) is 3.68. The van der Waals surface area contributed by atoms with Crippen molar-refractivity contribution in [3.8, 4) is 0 Å².